The number of primary amides is 10. The number of halogens is 8. The summed E-state index contributed by atoms with van der Waals surface area (Å²) in [5, 5.41) is 10.3. The van der Waals surface area contributed by atoms with E-state index in [2.05, 4.69) is 0 Å². The van der Waals surface area contributed by atoms with Gasteiger partial charge in [-0.2, -0.15) is 0 Å². The Morgan fingerprint density at radius 3 is 1.00 bits per heavy atom. The number of aromatic hydroxyl groups is 1. The Morgan fingerprint density at radius 1 is 0.304 bits per heavy atom. The second kappa shape index (κ2) is 45.3. The maximum Gasteiger partial charge on any atom is 0.254 e. The van der Waals surface area contributed by atoms with Gasteiger partial charge in [-0.05, 0) is 194 Å². The molecule has 10 amide bonds. The largest absolute Gasteiger partial charge is 0.508 e. The average Bonchev–Trinajstić information content (AvgIpc) is 0.865. The Morgan fingerprint density at radius 2 is 0.657 bits per heavy atom. The highest BCUT2D eigenvalue weighted by atomic mass is 35.5. The molecular weight excluding hydrogens is 1400 g/mol. The van der Waals surface area contributed by atoms with E-state index in [0.717, 1.165) is 29.8 Å². The van der Waals surface area contributed by atoms with Crippen LogP contribution in [-0.2, 0) is 0 Å². The van der Waals surface area contributed by atoms with Crippen molar-refractivity contribution < 1.29 is 75.0 Å². The molecule has 25 N–H and O–H groups in total. The summed E-state index contributed by atoms with van der Waals surface area (Å²) < 4.78 is 62.2. The zero-order chi connectivity index (χ0) is 77.3. The summed E-state index contributed by atoms with van der Waals surface area (Å²) in [6, 6.07) is 55.9. The minimum atomic E-state index is -1.10. The molecule has 0 fully saturated rings. The molecule has 532 valence electrons. The highest BCUT2D eigenvalue weighted by Gasteiger charge is 2.13. The lowest BCUT2D eigenvalue weighted by Gasteiger charge is -2.00. The van der Waals surface area contributed by atoms with Crippen LogP contribution in [0, 0.1) is 36.0 Å². The van der Waals surface area contributed by atoms with E-state index in [1.54, 1.807) is 115 Å². The van der Waals surface area contributed by atoms with Crippen LogP contribution in [0.4, 0.5) is 33.3 Å². The van der Waals surface area contributed by atoms with Gasteiger partial charge in [0, 0.05) is 60.4 Å². The Kier molecular flexibility index (Phi) is 38.6. The van der Waals surface area contributed by atoms with Crippen molar-refractivity contribution in [3.63, 3.8) is 0 Å². The van der Waals surface area contributed by atoms with Crippen LogP contribution in [0.3, 0.4) is 0 Å². The van der Waals surface area contributed by atoms with Gasteiger partial charge in [0.2, 0.25) is 47.3 Å². The number of hydrogen-bond donors (Lipinski definition) is 13. The predicted octanol–water partition coefficient (Wildman–Crippen LogP) is 9.69. The quantitative estimate of drug-likeness (QED) is 0.0448. The Bertz CT molecular complexity index is 4140. The van der Waals surface area contributed by atoms with Gasteiger partial charge in [-0.25, -0.2) is 22.0 Å². The summed E-state index contributed by atoms with van der Waals surface area (Å²) in [4.78, 5) is 105. The second-order valence-electron chi connectivity index (χ2n) is 19.5. The lowest BCUT2D eigenvalue weighted by molar-refractivity contribution is 0.0984. The van der Waals surface area contributed by atoms with Gasteiger partial charge in [-0.1, -0.05) is 83.3 Å². The van der Waals surface area contributed by atoms with E-state index in [-0.39, 0.29) is 22.7 Å². The summed E-state index contributed by atoms with van der Waals surface area (Å²) in [6.07, 6.45) is 0. The van der Waals surface area contributed by atoms with Gasteiger partial charge >= 0.3 is 0 Å². The molecule has 0 atom stereocenters. The van der Waals surface area contributed by atoms with Crippen molar-refractivity contribution in [2.24, 2.45) is 57.3 Å². The van der Waals surface area contributed by atoms with Crippen LogP contribution in [0.5, 0.6) is 5.75 Å². The first-order valence-electron chi connectivity index (χ1n) is 28.3. The predicted molar refractivity (Wildman–Crippen MR) is 380 cm³/mol. The van der Waals surface area contributed by atoms with Crippen molar-refractivity contribution in [1.29, 1.82) is 0 Å². The zero-order valence-electron chi connectivity index (χ0n) is 53.4. The molecule has 10 aromatic carbocycles. The summed E-state index contributed by atoms with van der Waals surface area (Å²) in [7, 11) is 0. The van der Waals surface area contributed by atoms with Crippen molar-refractivity contribution in [1.82, 2.24) is 0 Å². The van der Waals surface area contributed by atoms with Crippen molar-refractivity contribution in [2.45, 2.75) is 6.92 Å². The number of phenols is 1. The van der Waals surface area contributed by atoms with E-state index in [1.165, 1.54) is 91.0 Å². The number of nitrogens with two attached hydrogens (primary N) is 12. The first-order valence-corrected chi connectivity index (χ1v) is 29.4. The molecule has 31 heteroatoms. The molecule has 10 aromatic rings. The van der Waals surface area contributed by atoms with Crippen molar-refractivity contribution in [2.75, 3.05) is 11.5 Å². The lowest BCUT2D eigenvalue weighted by atomic mass is 10.1. The van der Waals surface area contributed by atoms with Crippen molar-refractivity contribution >= 4 is 105 Å². The smallest absolute Gasteiger partial charge is 0.254 e. The van der Waals surface area contributed by atoms with Gasteiger partial charge in [0.15, 0.2) is 0 Å². The number of carbonyl (C=O) groups excluding carboxylic acids is 10. The van der Waals surface area contributed by atoms with Gasteiger partial charge in [0.25, 0.3) is 11.8 Å². The van der Waals surface area contributed by atoms with Crippen LogP contribution in [0.15, 0.2) is 231 Å². The number of anilines is 2. The van der Waals surface area contributed by atoms with Crippen LogP contribution in [0.25, 0.3) is 0 Å². The van der Waals surface area contributed by atoms with Gasteiger partial charge in [-0.15, -0.1) is 0 Å². The maximum atomic E-state index is 12.6. The summed E-state index contributed by atoms with van der Waals surface area (Å²) in [6.45, 7) is 1.88. The third-order valence-electron chi connectivity index (χ3n) is 11.9. The number of carbonyl (C=O) groups is 10. The highest BCUT2D eigenvalue weighted by Crippen LogP contribution is 2.16. The number of hydrogen-bond acceptors (Lipinski definition) is 13. The van der Waals surface area contributed by atoms with Crippen LogP contribution >= 0.6 is 34.8 Å². The molecule has 0 aliphatic carbocycles. The molecular formula is C71H66Cl3F5N12O11. The van der Waals surface area contributed by atoms with E-state index in [1.807, 2.05) is 6.92 Å². The number of nitrogen functional groups attached to an aromatic ring is 2. The van der Waals surface area contributed by atoms with Gasteiger partial charge < -0.3 is 73.9 Å². The number of amides is 10. The summed E-state index contributed by atoms with van der Waals surface area (Å²) in [5.74, 6) is -8.86. The monoisotopic (exact) mass is 1460 g/mol. The number of rotatable bonds is 10. The second-order valence-corrected chi connectivity index (χ2v) is 20.8. The van der Waals surface area contributed by atoms with Crippen molar-refractivity contribution in [3.8, 4) is 5.75 Å². The van der Waals surface area contributed by atoms with Gasteiger partial charge in [0.05, 0.1) is 16.1 Å². The van der Waals surface area contributed by atoms with E-state index >= 15 is 0 Å². The minimum Gasteiger partial charge on any atom is -0.508 e. The summed E-state index contributed by atoms with van der Waals surface area (Å²) >= 11 is 16.8. The Hall–Kier alpha value is -13.2. The number of phenolic OH excluding ortho intramolecular Hbond substituents is 1. The fraction of sp³-hybridized carbons (Fsp3) is 0.0141. The molecule has 0 unspecified atom stereocenters. The standard InChI is InChI=1S/C8H10N2O.3C7H6ClNO.C7H5F2NO.3C7H6FNO.C7H8N2O.C7H7NO2/c1-5-2-3-6(8(10)11)4-7(5)9;8-6-3-1-5(2-4-6)7(9)10;8-6-3-1-2-5(4-6)7(9)10;8-6-4-2-1-3-5(6)7(9)10;8-4-2-1-3-5(9)6(4)7(10)11;8-6-3-1-5(2-4-6)7(9)10;8-6-3-1-2-5(4-6)7(9)10;8-6-4-2-1-3-5(6)7(9)10;8-6-3-1-5(2-4-6)7(9)10;8-7(10)5-1-3-6(9)4-2-5/h2-4H,9H2,1H3,(H2,10,11);3*1-4H,(H2,9,10);1-3H,(H2,10,11);3*1-4H,(H2,9,10);1-4H,8H2,(H2,9,10);1-4,9H,(H2,8,10). The zero-order valence-corrected chi connectivity index (χ0v) is 55.7. The molecule has 0 bridgehead atoms. The third kappa shape index (κ3) is 34.7. The van der Waals surface area contributed by atoms with Gasteiger partial charge in [-0.3, -0.25) is 47.9 Å². The molecule has 0 radical (unpaired) electrons. The SMILES string of the molecule is Cc1ccc(C(N)=O)cc1N.NC(=O)c1c(F)cccc1F.NC(=O)c1ccc(Cl)cc1.NC(=O)c1ccc(F)cc1.NC(=O)c1ccc(N)cc1.NC(=O)c1ccc(O)cc1.NC(=O)c1cccc(Cl)c1.NC(=O)c1cccc(F)c1.NC(=O)c1ccccc1Cl.NC(=O)c1ccccc1F. The third-order valence-corrected chi connectivity index (χ3v) is 12.7. The first kappa shape index (κ1) is 86.8. The van der Waals surface area contributed by atoms with Crippen LogP contribution in [0.1, 0.15) is 109 Å². The molecule has 0 aromatic heterocycles. The molecule has 0 saturated carbocycles. The van der Waals surface area contributed by atoms with Crippen LogP contribution < -0.4 is 68.8 Å². The van der Waals surface area contributed by atoms with E-state index in [9.17, 15) is 69.9 Å². The fourth-order valence-electron chi connectivity index (χ4n) is 6.63. The average molecular weight is 1460 g/mol. The topological polar surface area (TPSA) is 503 Å². The molecule has 0 aliphatic heterocycles. The Labute approximate surface area is 594 Å². The Balaban J connectivity index is 0.000000567. The summed E-state index contributed by atoms with van der Waals surface area (Å²) in [5.41, 5.74) is 64.7. The highest BCUT2D eigenvalue weighted by molar-refractivity contribution is 6.33. The molecule has 23 nitrogen and oxygen atoms in total. The first-order chi connectivity index (χ1) is 47.9. The minimum absolute atomic E-state index is 0.0671. The fourth-order valence-corrected chi connectivity index (χ4v) is 7.18. The molecule has 0 saturated heterocycles. The molecule has 0 aliphatic rings. The number of benzene rings is 10. The van der Waals surface area contributed by atoms with Crippen LogP contribution in [0.2, 0.25) is 15.1 Å². The molecule has 10 rings (SSSR count). The molecule has 102 heavy (non-hydrogen) atoms. The van der Waals surface area contributed by atoms with Crippen LogP contribution in [-0.4, -0.2) is 64.2 Å². The van der Waals surface area contributed by atoms with Crippen molar-refractivity contribution in [3.05, 3.63) is 336 Å². The van der Waals surface area contributed by atoms with E-state index < -0.39 is 87.9 Å². The van der Waals surface area contributed by atoms with Gasteiger partial charge in [0.1, 0.15) is 40.4 Å². The molecule has 0 heterocycles. The maximum absolute atomic E-state index is 12.6. The number of aryl methyl sites for hydroxylation is 1. The van der Waals surface area contributed by atoms with E-state index in [4.69, 9.17) is 109 Å². The molecule has 0 spiro atoms. The van der Waals surface area contributed by atoms with E-state index in [0.29, 0.717) is 65.4 Å². The normalized spacial score (nSPS) is 9.34. The lowest BCUT2D eigenvalue weighted by Crippen LogP contribution is -2.15.